The molecule has 4 N–H and O–H groups in total. The highest BCUT2D eigenvalue weighted by Gasteiger charge is 2.45. The monoisotopic (exact) mass is 443 g/mol. The second-order valence-electron chi connectivity index (χ2n) is 7.80. The van der Waals surface area contributed by atoms with Crippen molar-refractivity contribution in [2.75, 3.05) is 11.1 Å². The molecule has 33 heavy (non-hydrogen) atoms. The molecule has 2 unspecified atom stereocenters. The number of fused-ring (bicyclic) bond motifs is 1. The number of amides is 1. The molecular formula is C24H22FN7O. The third kappa shape index (κ3) is 4.36. The summed E-state index contributed by atoms with van der Waals surface area (Å²) in [7, 11) is 0. The van der Waals surface area contributed by atoms with Gasteiger partial charge in [0.05, 0.1) is 18.1 Å². The molecule has 1 aliphatic carbocycles. The van der Waals surface area contributed by atoms with Crippen LogP contribution in [0.2, 0.25) is 0 Å². The quantitative estimate of drug-likeness (QED) is 0.402. The van der Waals surface area contributed by atoms with Gasteiger partial charge in [0.1, 0.15) is 5.82 Å². The van der Waals surface area contributed by atoms with Gasteiger partial charge in [-0.2, -0.15) is 5.26 Å². The van der Waals surface area contributed by atoms with Crippen LogP contribution in [-0.2, 0) is 4.79 Å². The molecule has 2 atom stereocenters. The summed E-state index contributed by atoms with van der Waals surface area (Å²) in [6.07, 6.45) is 8.88. The number of halogens is 1. The second-order valence-corrected chi connectivity index (χ2v) is 7.80. The lowest BCUT2D eigenvalue weighted by Gasteiger charge is -2.12. The van der Waals surface area contributed by atoms with Gasteiger partial charge in [-0.1, -0.05) is 0 Å². The standard InChI is InChI=1S/C22H19FN6O.C2H3N/c1-11-2-3-25-7-16(11)14-4-12-5-19(27-8-17(12)21(24)20(14)23)29-22(30)15-6-13(15)18-9-26-10-28-18;1-2-3/h2-5,7-10,13,15H,6,24H2,1H3,(H,26,28)(H,27,29,30);1H3. The molecule has 1 saturated carbocycles. The minimum atomic E-state index is -0.502. The van der Waals surface area contributed by atoms with Crippen LogP contribution >= 0.6 is 0 Å². The van der Waals surface area contributed by atoms with Crippen LogP contribution in [0.4, 0.5) is 15.9 Å². The van der Waals surface area contributed by atoms with Crippen molar-refractivity contribution in [2.45, 2.75) is 26.2 Å². The zero-order valence-corrected chi connectivity index (χ0v) is 18.1. The number of benzene rings is 1. The third-order valence-corrected chi connectivity index (χ3v) is 5.63. The number of rotatable bonds is 4. The van der Waals surface area contributed by atoms with Gasteiger partial charge >= 0.3 is 0 Å². The number of nitrogens with one attached hydrogen (secondary N) is 2. The van der Waals surface area contributed by atoms with E-state index in [-0.39, 0.29) is 23.4 Å². The van der Waals surface area contributed by atoms with E-state index in [1.165, 1.54) is 13.1 Å². The number of H-pyrrole nitrogens is 1. The lowest BCUT2D eigenvalue weighted by molar-refractivity contribution is -0.117. The molecule has 0 aliphatic heterocycles. The molecule has 1 aliphatic rings. The topological polar surface area (TPSA) is 133 Å². The van der Waals surface area contributed by atoms with Crippen molar-refractivity contribution in [3.05, 3.63) is 66.4 Å². The fraction of sp³-hybridized carbons (Fsp3) is 0.208. The highest BCUT2D eigenvalue weighted by molar-refractivity contribution is 6.00. The van der Waals surface area contributed by atoms with Gasteiger partial charge in [0.25, 0.3) is 0 Å². The fourth-order valence-electron chi connectivity index (χ4n) is 3.82. The maximum absolute atomic E-state index is 14.9. The van der Waals surface area contributed by atoms with E-state index in [2.05, 4.69) is 25.3 Å². The Morgan fingerprint density at radius 2 is 2.06 bits per heavy atom. The highest BCUT2D eigenvalue weighted by atomic mass is 19.1. The van der Waals surface area contributed by atoms with E-state index >= 15 is 0 Å². The number of hydrogen-bond donors (Lipinski definition) is 3. The summed E-state index contributed by atoms with van der Waals surface area (Å²) < 4.78 is 14.9. The molecule has 3 heterocycles. The number of aryl methyl sites for hydroxylation is 1. The Labute approximate surface area is 189 Å². The zero-order chi connectivity index (χ0) is 23.5. The fourth-order valence-corrected chi connectivity index (χ4v) is 3.82. The van der Waals surface area contributed by atoms with E-state index in [4.69, 9.17) is 11.0 Å². The Morgan fingerprint density at radius 3 is 2.76 bits per heavy atom. The summed E-state index contributed by atoms with van der Waals surface area (Å²) in [6.45, 7) is 3.32. The first-order chi connectivity index (χ1) is 15.9. The molecular weight excluding hydrogens is 421 g/mol. The summed E-state index contributed by atoms with van der Waals surface area (Å²) in [4.78, 5) is 28.0. The Hall–Kier alpha value is -4.32. The molecule has 0 spiro atoms. The summed E-state index contributed by atoms with van der Waals surface area (Å²) in [6, 6.07) is 7.00. The average molecular weight is 443 g/mol. The predicted octanol–water partition coefficient (Wildman–Crippen LogP) is 4.32. The van der Waals surface area contributed by atoms with Crippen molar-refractivity contribution in [1.82, 2.24) is 19.9 Å². The molecule has 5 rings (SSSR count). The largest absolute Gasteiger partial charge is 0.396 e. The molecule has 4 aromatic rings. The maximum atomic E-state index is 14.9. The number of hydrogen-bond acceptors (Lipinski definition) is 6. The first-order valence-electron chi connectivity index (χ1n) is 10.3. The maximum Gasteiger partial charge on any atom is 0.229 e. The number of carbonyl (C=O) groups is 1. The van der Waals surface area contributed by atoms with Gasteiger partial charge in [0, 0.05) is 65.8 Å². The lowest BCUT2D eigenvalue weighted by Crippen LogP contribution is -2.15. The number of aromatic nitrogens is 4. The van der Waals surface area contributed by atoms with E-state index in [1.54, 1.807) is 43.1 Å². The Bertz CT molecular complexity index is 1360. The van der Waals surface area contributed by atoms with Crippen LogP contribution in [0.1, 0.15) is 30.5 Å². The Kier molecular flexibility index (Phi) is 6.00. The van der Waals surface area contributed by atoms with Crippen molar-refractivity contribution in [3.63, 3.8) is 0 Å². The lowest BCUT2D eigenvalue weighted by atomic mass is 9.98. The average Bonchev–Trinajstić information content (AvgIpc) is 3.42. The minimum absolute atomic E-state index is 0.0256. The van der Waals surface area contributed by atoms with Gasteiger partial charge in [-0.25, -0.2) is 14.4 Å². The van der Waals surface area contributed by atoms with Gasteiger partial charge in [-0.15, -0.1) is 0 Å². The Balaban J connectivity index is 0.000000821. The van der Waals surface area contributed by atoms with Gasteiger partial charge in [0.2, 0.25) is 5.91 Å². The van der Waals surface area contributed by atoms with Gasteiger partial charge in [0.15, 0.2) is 5.82 Å². The van der Waals surface area contributed by atoms with E-state index in [0.29, 0.717) is 27.7 Å². The number of imidazole rings is 1. The van der Waals surface area contributed by atoms with Crippen LogP contribution in [0.15, 0.2) is 49.3 Å². The van der Waals surface area contributed by atoms with Crippen molar-refractivity contribution in [1.29, 1.82) is 5.26 Å². The molecule has 1 amide bonds. The zero-order valence-electron chi connectivity index (χ0n) is 18.1. The summed E-state index contributed by atoms with van der Waals surface area (Å²) in [5.41, 5.74) is 8.98. The van der Waals surface area contributed by atoms with Gasteiger partial charge in [-0.3, -0.25) is 9.78 Å². The first-order valence-corrected chi connectivity index (χ1v) is 10.3. The second kappa shape index (κ2) is 9.04. The summed E-state index contributed by atoms with van der Waals surface area (Å²) in [5, 5.41) is 11.4. The van der Waals surface area contributed by atoms with E-state index in [9.17, 15) is 9.18 Å². The van der Waals surface area contributed by atoms with Crippen LogP contribution in [0, 0.1) is 30.0 Å². The van der Waals surface area contributed by atoms with Crippen LogP contribution in [0.3, 0.4) is 0 Å². The number of pyridine rings is 2. The van der Waals surface area contributed by atoms with Crippen molar-refractivity contribution in [3.8, 4) is 17.2 Å². The molecule has 1 aromatic carbocycles. The molecule has 3 aromatic heterocycles. The van der Waals surface area contributed by atoms with Crippen LogP contribution < -0.4 is 11.1 Å². The normalized spacial score (nSPS) is 16.4. The minimum Gasteiger partial charge on any atom is -0.396 e. The number of nitrogens with zero attached hydrogens (tertiary/aromatic N) is 4. The van der Waals surface area contributed by atoms with Crippen molar-refractivity contribution >= 4 is 28.2 Å². The number of nitrogens with two attached hydrogens (primary N) is 1. The summed E-state index contributed by atoms with van der Waals surface area (Å²) >= 11 is 0. The van der Waals surface area contributed by atoms with Crippen molar-refractivity contribution < 1.29 is 9.18 Å². The van der Waals surface area contributed by atoms with E-state index < -0.39 is 5.82 Å². The van der Waals surface area contributed by atoms with Crippen LogP contribution in [-0.4, -0.2) is 25.8 Å². The number of aromatic amines is 1. The van der Waals surface area contributed by atoms with E-state index in [0.717, 1.165) is 17.7 Å². The van der Waals surface area contributed by atoms with Crippen LogP contribution in [0.5, 0.6) is 0 Å². The predicted molar refractivity (Wildman–Crippen MR) is 123 cm³/mol. The third-order valence-electron chi connectivity index (χ3n) is 5.63. The highest BCUT2D eigenvalue weighted by Crippen LogP contribution is 2.47. The number of nitrogen functional groups attached to an aromatic ring is 1. The number of carbonyl (C=O) groups excluding carboxylic acids is 1. The SMILES string of the molecule is CC#N.Cc1ccncc1-c1cc2cc(NC(=O)C3CC3c3cnc[nH]3)ncc2c(N)c1F. The van der Waals surface area contributed by atoms with E-state index in [1.807, 2.05) is 13.0 Å². The Morgan fingerprint density at radius 1 is 1.27 bits per heavy atom. The molecule has 0 bridgehead atoms. The number of anilines is 2. The smallest absolute Gasteiger partial charge is 0.229 e. The molecule has 0 radical (unpaired) electrons. The molecule has 0 saturated heterocycles. The molecule has 1 fully saturated rings. The van der Waals surface area contributed by atoms with Gasteiger partial charge < -0.3 is 16.0 Å². The summed E-state index contributed by atoms with van der Waals surface area (Å²) in [5.74, 6) is -0.159. The first kappa shape index (κ1) is 21.9. The van der Waals surface area contributed by atoms with Crippen molar-refractivity contribution in [2.24, 2.45) is 5.92 Å². The van der Waals surface area contributed by atoms with Crippen LogP contribution in [0.25, 0.3) is 21.9 Å². The van der Waals surface area contributed by atoms with Gasteiger partial charge in [-0.05, 0) is 42.5 Å². The molecule has 9 heteroatoms. The molecule has 8 nitrogen and oxygen atoms in total. The number of nitriles is 1. The molecule has 166 valence electrons.